The van der Waals surface area contributed by atoms with E-state index in [9.17, 15) is 24.9 Å². The molecule has 1 aromatic rings. The number of aliphatic hydroxyl groups excluding tert-OH is 3. The van der Waals surface area contributed by atoms with Crippen LogP contribution in [0.3, 0.4) is 0 Å². The highest BCUT2D eigenvalue weighted by Gasteiger charge is 2.48. The molecule has 5 atom stereocenters. The van der Waals surface area contributed by atoms with E-state index < -0.39 is 61.8 Å². The van der Waals surface area contributed by atoms with Crippen molar-refractivity contribution in [2.75, 3.05) is 13.2 Å². The fourth-order valence-corrected chi connectivity index (χ4v) is 2.25. The van der Waals surface area contributed by atoms with E-state index in [-0.39, 0.29) is 5.23 Å². The number of hydroxylamine groups is 2. The first kappa shape index (κ1) is 18.5. The molecular formula is C12H18N2O10. The highest BCUT2D eigenvalue weighted by atomic mass is 16.8. The van der Waals surface area contributed by atoms with Gasteiger partial charge in [-0.05, 0) is 0 Å². The zero-order valence-corrected chi connectivity index (χ0v) is 12.3. The Morgan fingerprint density at radius 2 is 2.04 bits per heavy atom. The molecule has 136 valence electrons. The Balaban J connectivity index is 2.14. The maximum atomic E-state index is 11.7. The van der Waals surface area contributed by atoms with Crippen LogP contribution in [0.4, 0.5) is 0 Å². The fraction of sp³-hybridized carbons (Fsp3) is 0.667. The van der Waals surface area contributed by atoms with Crippen molar-refractivity contribution in [3.8, 4) is 0 Å². The lowest BCUT2D eigenvalue weighted by Crippen LogP contribution is -2.58. The quantitative estimate of drug-likeness (QED) is 0.269. The summed E-state index contributed by atoms with van der Waals surface area (Å²) in [5.41, 5.74) is -0.711. The molecule has 0 aliphatic carbocycles. The minimum atomic E-state index is -1.61. The van der Waals surface area contributed by atoms with Gasteiger partial charge in [-0.25, -0.2) is 4.79 Å². The second kappa shape index (κ2) is 7.85. The third kappa shape index (κ3) is 4.18. The standard InChI is InChI=1S/C12H18N2O10/c15-5-6-9(18)11(23-7(16)2-4-14(20)21)10(19)12(22-6)13-3-1-8(17)24-13/h1,3,6,9-12,15,18-21H,2,4-5H2/t6-,9+,10-,11+,12-/m0/s1. The Bertz CT molecular complexity index is 599. The number of rotatable bonds is 6. The van der Waals surface area contributed by atoms with Gasteiger partial charge in [0.2, 0.25) is 0 Å². The van der Waals surface area contributed by atoms with Crippen molar-refractivity contribution in [3.05, 3.63) is 22.7 Å². The van der Waals surface area contributed by atoms with Crippen LogP contribution in [0.25, 0.3) is 0 Å². The zero-order chi connectivity index (χ0) is 17.9. The van der Waals surface area contributed by atoms with E-state index in [1.54, 1.807) is 0 Å². The van der Waals surface area contributed by atoms with Crippen LogP contribution >= 0.6 is 0 Å². The van der Waals surface area contributed by atoms with Gasteiger partial charge in [0.05, 0.1) is 19.6 Å². The van der Waals surface area contributed by atoms with E-state index in [0.29, 0.717) is 0 Å². The number of esters is 1. The lowest BCUT2D eigenvalue weighted by molar-refractivity contribution is -0.307. The fourth-order valence-electron chi connectivity index (χ4n) is 2.25. The van der Waals surface area contributed by atoms with Gasteiger partial charge in [0.25, 0.3) is 0 Å². The number of aliphatic hydroxyl groups is 3. The number of aromatic nitrogens is 1. The van der Waals surface area contributed by atoms with Gasteiger partial charge >= 0.3 is 11.6 Å². The van der Waals surface area contributed by atoms with Gasteiger partial charge in [-0.3, -0.25) is 15.2 Å². The number of hydrogen-bond donors (Lipinski definition) is 5. The number of carbonyl (C=O) groups is 1. The molecule has 2 rings (SSSR count). The molecule has 2 heterocycles. The normalized spacial score (nSPS) is 30.5. The molecular weight excluding hydrogens is 332 g/mol. The summed E-state index contributed by atoms with van der Waals surface area (Å²) >= 11 is 0. The minimum absolute atomic E-state index is 0.216. The molecule has 0 spiro atoms. The smallest absolute Gasteiger partial charge is 0.357 e. The summed E-state index contributed by atoms with van der Waals surface area (Å²) in [7, 11) is 0. The van der Waals surface area contributed by atoms with Gasteiger partial charge < -0.3 is 29.3 Å². The van der Waals surface area contributed by atoms with E-state index >= 15 is 0 Å². The first-order valence-electron chi connectivity index (χ1n) is 6.99. The largest absolute Gasteiger partial charge is 0.456 e. The molecule has 1 aromatic heterocycles. The predicted octanol–water partition coefficient (Wildman–Crippen LogP) is -2.56. The molecule has 0 unspecified atom stereocenters. The molecule has 1 aliphatic rings. The van der Waals surface area contributed by atoms with Crippen molar-refractivity contribution in [3.63, 3.8) is 0 Å². The highest BCUT2D eigenvalue weighted by molar-refractivity contribution is 5.69. The Hall–Kier alpha value is -1.80. The van der Waals surface area contributed by atoms with Gasteiger partial charge in [-0.1, -0.05) is 5.23 Å². The summed E-state index contributed by atoms with van der Waals surface area (Å²) in [6, 6.07) is 1.06. The van der Waals surface area contributed by atoms with E-state index in [0.717, 1.165) is 10.8 Å². The van der Waals surface area contributed by atoms with Crippen molar-refractivity contribution in [2.45, 2.75) is 37.1 Å². The van der Waals surface area contributed by atoms with Crippen LogP contribution in [0.1, 0.15) is 12.6 Å². The summed E-state index contributed by atoms with van der Waals surface area (Å²) in [5.74, 6) is -0.933. The molecule has 0 bridgehead atoms. The number of carbonyl (C=O) groups excluding carboxylic acids is 1. The molecule has 1 fully saturated rings. The van der Waals surface area contributed by atoms with Gasteiger partial charge in [0.15, 0.2) is 12.3 Å². The maximum Gasteiger partial charge on any atom is 0.357 e. The van der Waals surface area contributed by atoms with Crippen LogP contribution in [-0.2, 0) is 14.3 Å². The SMILES string of the molecule is O=C(CCN(O)O)O[C@@H]1[C@H](O)[C@H](CO)O[C@H](n2ccc(=O)o2)[C@H]1O. The van der Waals surface area contributed by atoms with Crippen molar-refractivity contribution in [1.29, 1.82) is 0 Å². The van der Waals surface area contributed by atoms with Crippen LogP contribution in [-0.4, -0.2) is 79.2 Å². The summed E-state index contributed by atoms with van der Waals surface area (Å²) in [6.07, 6.45) is -6.44. The number of nitrogens with zero attached hydrogens (tertiary/aromatic N) is 2. The van der Waals surface area contributed by atoms with Gasteiger partial charge in [-0.15, -0.1) is 0 Å². The molecule has 24 heavy (non-hydrogen) atoms. The van der Waals surface area contributed by atoms with Crippen molar-refractivity contribution in [1.82, 2.24) is 9.97 Å². The molecule has 1 aliphatic heterocycles. The first-order valence-corrected chi connectivity index (χ1v) is 6.99. The van der Waals surface area contributed by atoms with Crippen LogP contribution in [0.2, 0.25) is 0 Å². The summed E-state index contributed by atoms with van der Waals surface area (Å²) in [4.78, 5) is 22.8. The molecule has 5 N–H and O–H groups in total. The zero-order valence-electron chi connectivity index (χ0n) is 12.3. The predicted molar refractivity (Wildman–Crippen MR) is 70.8 cm³/mol. The summed E-state index contributed by atoms with van der Waals surface area (Å²) < 4.78 is 15.8. The topological polar surface area (TPSA) is 175 Å². The van der Waals surface area contributed by atoms with Gasteiger partial charge in [0, 0.05) is 12.3 Å². The van der Waals surface area contributed by atoms with Crippen LogP contribution in [0.15, 0.2) is 21.6 Å². The second-order valence-corrected chi connectivity index (χ2v) is 5.12. The van der Waals surface area contributed by atoms with Crippen LogP contribution < -0.4 is 5.63 Å². The molecule has 0 aromatic carbocycles. The Morgan fingerprint density at radius 3 is 2.58 bits per heavy atom. The third-order valence-corrected chi connectivity index (χ3v) is 3.43. The van der Waals surface area contributed by atoms with E-state index in [2.05, 4.69) is 0 Å². The Kier molecular flexibility index (Phi) is 6.06. The molecule has 0 amide bonds. The average molecular weight is 350 g/mol. The molecule has 0 saturated carbocycles. The molecule has 12 heteroatoms. The highest BCUT2D eigenvalue weighted by Crippen LogP contribution is 2.30. The van der Waals surface area contributed by atoms with E-state index in [1.807, 2.05) is 0 Å². The lowest BCUT2D eigenvalue weighted by Gasteiger charge is -2.41. The van der Waals surface area contributed by atoms with Crippen LogP contribution in [0, 0.1) is 0 Å². The minimum Gasteiger partial charge on any atom is -0.456 e. The third-order valence-electron chi connectivity index (χ3n) is 3.43. The van der Waals surface area contributed by atoms with Crippen molar-refractivity contribution in [2.24, 2.45) is 0 Å². The molecule has 1 saturated heterocycles. The monoisotopic (exact) mass is 350 g/mol. The van der Waals surface area contributed by atoms with Gasteiger partial charge in [-0.2, -0.15) is 4.74 Å². The Morgan fingerprint density at radius 1 is 1.33 bits per heavy atom. The van der Waals surface area contributed by atoms with E-state index in [1.165, 1.54) is 6.20 Å². The van der Waals surface area contributed by atoms with Gasteiger partial charge in [0.1, 0.15) is 18.3 Å². The average Bonchev–Trinajstić information content (AvgIpc) is 2.96. The first-order chi connectivity index (χ1) is 11.3. The van der Waals surface area contributed by atoms with Crippen LogP contribution in [0.5, 0.6) is 0 Å². The summed E-state index contributed by atoms with van der Waals surface area (Å²) in [6.45, 7) is -1.10. The van der Waals surface area contributed by atoms with Crippen molar-refractivity contribution < 1.29 is 44.5 Å². The lowest BCUT2D eigenvalue weighted by atomic mass is 9.98. The number of ether oxygens (including phenoxy) is 2. The number of hydrogen-bond acceptors (Lipinski definition) is 11. The van der Waals surface area contributed by atoms with E-state index in [4.69, 9.17) is 24.4 Å². The second-order valence-electron chi connectivity index (χ2n) is 5.12. The Labute approximate surface area is 134 Å². The maximum absolute atomic E-state index is 11.7. The van der Waals surface area contributed by atoms with Crippen molar-refractivity contribution >= 4 is 5.97 Å². The summed E-state index contributed by atoms with van der Waals surface area (Å²) in [5, 5.41) is 46.5. The molecule has 12 nitrogen and oxygen atoms in total. The molecule has 0 radical (unpaired) electrons.